The molecule has 13 heavy (non-hydrogen) atoms. The Balaban J connectivity index is 0.000000671. The molecule has 0 spiro atoms. The van der Waals surface area contributed by atoms with Gasteiger partial charge in [0.2, 0.25) is 5.88 Å². The molecule has 0 aliphatic carbocycles. The molecule has 1 aromatic rings. The maximum atomic E-state index is 5.69. The average molecular weight is 222 g/mol. The number of rotatable bonds is 1. The Bertz CT molecular complexity index is 277. The van der Waals surface area contributed by atoms with Crippen LogP contribution < -0.4 is 4.74 Å². The fourth-order valence-corrected chi connectivity index (χ4v) is 1.09. The van der Waals surface area contributed by atoms with Crippen LogP contribution in [0.15, 0.2) is 6.07 Å². The van der Waals surface area contributed by atoms with Gasteiger partial charge in [-0.2, -0.15) is 4.98 Å². The highest BCUT2D eigenvalue weighted by atomic mass is 35.5. The number of hydrogen-bond donors (Lipinski definition) is 0. The van der Waals surface area contributed by atoms with Crippen molar-refractivity contribution in [2.45, 2.75) is 20.8 Å². The molecule has 4 heteroatoms. The Morgan fingerprint density at radius 2 is 1.85 bits per heavy atom. The lowest BCUT2D eigenvalue weighted by atomic mass is 10.3. The summed E-state index contributed by atoms with van der Waals surface area (Å²) in [6.45, 7) is 5.86. The zero-order chi connectivity index (χ0) is 10.4. The van der Waals surface area contributed by atoms with Gasteiger partial charge in [-0.05, 0) is 13.0 Å². The summed E-state index contributed by atoms with van der Waals surface area (Å²) in [5, 5.41) is 0.721. The van der Waals surface area contributed by atoms with Crippen LogP contribution in [0.4, 0.5) is 0 Å². The largest absolute Gasteiger partial charge is 0.481 e. The van der Waals surface area contributed by atoms with Crippen LogP contribution in [0.3, 0.4) is 0 Å². The van der Waals surface area contributed by atoms with Crippen LogP contribution in [0.2, 0.25) is 10.2 Å². The molecule has 1 aromatic heterocycles. The minimum atomic E-state index is 0.272. The van der Waals surface area contributed by atoms with E-state index in [0.717, 1.165) is 5.56 Å². The molecule has 0 amide bonds. The predicted molar refractivity (Wildman–Crippen MR) is 56.9 cm³/mol. The molecule has 0 saturated heterocycles. The number of nitrogens with zero attached hydrogens (tertiary/aromatic N) is 1. The van der Waals surface area contributed by atoms with Gasteiger partial charge in [-0.3, -0.25) is 0 Å². The van der Waals surface area contributed by atoms with Crippen LogP contribution in [-0.2, 0) is 0 Å². The first-order valence-electron chi connectivity index (χ1n) is 4.01. The highest BCUT2D eigenvalue weighted by Crippen LogP contribution is 2.25. The van der Waals surface area contributed by atoms with E-state index in [9.17, 15) is 0 Å². The molecule has 0 N–H and O–H groups in total. The number of hydrogen-bond acceptors (Lipinski definition) is 2. The molecule has 0 fully saturated rings. The monoisotopic (exact) mass is 221 g/mol. The molecule has 0 atom stereocenters. The van der Waals surface area contributed by atoms with Gasteiger partial charge in [-0.25, -0.2) is 0 Å². The molecule has 0 unspecified atom stereocenters. The number of pyridine rings is 1. The van der Waals surface area contributed by atoms with Gasteiger partial charge in [0.1, 0.15) is 0 Å². The SMILES string of the molecule is CC.COc1nc(Cl)c(Cl)cc1C. The highest BCUT2D eigenvalue weighted by molar-refractivity contribution is 6.41. The molecule has 0 aromatic carbocycles. The van der Waals surface area contributed by atoms with Crippen molar-refractivity contribution in [3.63, 3.8) is 0 Å². The molecule has 2 nitrogen and oxygen atoms in total. The lowest BCUT2D eigenvalue weighted by molar-refractivity contribution is 0.394. The molecule has 0 radical (unpaired) electrons. The molecule has 1 rings (SSSR count). The van der Waals surface area contributed by atoms with E-state index in [1.54, 1.807) is 13.2 Å². The first-order chi connectivity index (χ1) is 6.15. The second-order valence-electron chi connectivity index (χ2n) is 2.09. The number of methoxy groups -OCH3 is 1. The lowest BCUT2D eigenvalue weighted by Crippen LogP contribution is -1.91. The van der Waals surface area contributed by atoms with E-state index in [4.69, 9.17) is 27.9 Å². The fraction of sp³-hybridized carbons (Fsp3) is 0.444. The number of halogens is 2. The highest BCUT2D eigenvalue weighted by Gasteiger charge is 2.04. The van der Waals surface area contributed by atoms with E-state index in [1.807, 2.05) is 20.8 Å². The lowest BCUT2D eigenvalue weighted by Gasteiger charge is -2.03. The van der Waals surface area contributed by atoms with E-state index < -0.39 is 0 Å². The Labute approximate surface area is 88.8 Å². The van der Waals surface area contributed by atoms with Crippen molar-refractivity contribution in [3.8, 4) is 5.88 Å². The van der Waals surface area contributed by atoms with Crippen LogP contribution >= 0.6 is 23.2 Å². The fourth-order valence-electron chi connectivity index (χ4n) is 0.749. The third-order valence-electron chi connectivity index (χ3n) is 1.27. The van der Waals surface area contributed by atoms with E-state index in [-0.39, 0.29) is 5.15 Å². The van der Waals surface area contributed by atoms with Crippen LogP contribution in [0.25, 0.3) is 0 Å². The van der Waals surface area contributed by atoms with Gasteiger partial charge in [0.15, 0.2) is 5.15 Å². The van der Waals surface area contributed by atoms with Gasteiger partial charge < -0.3 is 4.74 Å². The zero-order valence-corrected chi connectivity index (χ0v) is 9.70. The smallest absolute Gasteiger partial charge is 0.217 e. The topological polar surface area (TPSA) is 22.1 Å². The molecule has 0 bridgehead atoms. The number of aryl methyl sites for hydroxylation is 1. The summed E-state index contributed by atoms with van der Waals surface area (Å²) in [7, 11) is 1.54. The maximum Gasteiger partial charge on any atom is 0.217 e. The minimum Gasteiger partial charge on any atom is -0.481 e. The minimum absolute atomic E-state index is 0.272. The average Bonchev–Trinajstić information content (AvgIpc) is 2.15. The Morgan fingerprint density at radius 1 is 1.31 bits per heavy atom. The zero-order valence-electron chi connectivity index (χ0n) is 8.19. The van der Waals surface area contributed by atoms with Crippen molar-refractivity contribution in [1.29, 1.82) is 0 Å². The molecular weight excluding hydrogens is 209 g/mol. The summed E-state index contributed by atoms with van der Waals surface area (Å²) in [5.74, 6) is 0.513. The van der Waals surface area contributed by atoms with Crippen LogP contribution in [0.5, 0.6) is 5.88 Å². The summed E-state index contributed by atoms with van der Waals surface area (Å²) < 4.78 is 4.93. The maximum absolute atomic E-state index is 5.69. The molecule has 0 saturated carbocycles. The van der Waals surface area contributed by atoms with Gasteiger partial charge in [-0.1, -0.05) is 37.0 Å². The van der Waals surface area contributed by atoms with E-state index >= 15 is 0 Å². The van der Waals surface area contributed by atoms with Crippen LogP contribution in [-0.4, -0.2) is 12.1 Å². The van der Waals surface area contributed by atoms with Crippen molar-refractivity contribution in [2.24, 2.45) is 0 Å². The third-order valence-corrected chi connectivity index (χ3v) is 1.94. The van der Waals surface area contributed by atoms with Gasteiger partial charge in [0.25, 0.3) is 0 Å². The van der Waals surface area contributed by atoms with Crippen molar-refractivity contribution in [2.75, 3.05) is 7.11 Å². The van der Waals surface area contributed by atoms with Crippen molar-refractivity contribution in [1.82, 2.24) is 4.98 Å². The van der Waals surface area contributed by atoms with Gasteiger partial charge in [-0.15, -0.1) is 0 Å². The van der Waals surface area contributed by atoms with Crippen LogP contribution in [0.1, 0.15) is 19.4 Å². The molecule has 74 valence electrons. The Hall–Kier alpha value is -0.470. The quantitative estimate of drug-likeness (QED) is 0.675. The van der Waals surface area contributed by atoms with E-state index in [0.29, 0.717) is 10.9 Å². The van der Waals surface area contributed by atoms with E-state index in [1.165, 1.54) is 0 Å². The second-order valence-corrected chi connectivity index (χ2v) is 2.85. The Kier molecular flexibility index (Phi) is 5.84. The first kappa shape index (κ1) is 12.5. The summed E-state index contributed by atoms with van der Waals surface area (Å²) >= 11 is 11.3. The molecule has 0 aliphatic heterocycles. The van der Waals surface area contributed by atoms with Gasteiger partial charge >= 0.3 is 0 Å². The summed E-state index contributed by atoms with van der Waals surface area (Å²) in [6.07, 6.45) is 0. The van der Waals surface area contributed by atoms with E-state index in [2.05, 4.69) is 4.98 Å². The van der Waals surface area contributed by atoms with Crippen molar-refractivity contribution < 1.29 is 4.74 Å². The third kappa shape index (κ3) is 3.41. The molecular formula is C9H13Cl2NO. The summed E-state index contributed by atoms with van der Waals surface area (Å²) in [5.41, 5.74) is 0.877. The summed E-state index contributed by atoms with van der Waals surface area (Å²) in [6, 6.07) is 1.72. The molecule has 0 aliphatic rings. The standard InChI is InChI=1S/C7H7Cl2NO.C2H6/c1-4-3-5(8)6(9)10-7(4)11-2;1-2/h3H,1-2H3;1-2H3. The van der Waals surface area contributed by atoms with Crippen LogP contribution in [0, 0.1) is 6.92 Å². The number of ether oxygens (including phenoxy) is 1. The Morgan fingerprint density at radius 3 is 2.31 bits per heavy atom. The van der Waals surface area contributed by atoms with Gasteiger partial charge in [0, 0.05) is 5.56 Å². The summed E-state index contributed by atoms with van der Waals surface area (Å²) in [4.78, 5) is 3.90. The second kappa shape index (κ2) is 6.06. The van der Waals surface area contributed by atoms with Crippen molar-refractivity contribution >= 4 is 23.2 Å². The predicted octanol–water partition coefficient (Wildman–Crippen LogP) is 3.73. The molecule has 1 heterocycles. The van der Waals surface area contributed by atoms with Crippen molar-refractivity contribution in [3.05, 3.63) is 21.8 Å². The number of aromatic nitrogens is 1. The first-order valence-corrected chi connectivity index (χ1v) is 4.77. The normalized spacial score (nSPS) is 8.77. The van der Waals surface area contributed by atoms with Gasteiger partial charge in [0.05, 0.1) is 12.1 Å².